The molecule has 19 heavy (non-hydrogen) atoms. The van der Waals surface area contributed by atoms with Crippen LogP contribution in [-0.2, 0) is 12.9 Å². The second kappa shape index (κ2) is 4.35. The molecule has 2 aromatic heterocycles. The van der Waals surface area contributed by atoms with E-state index in [1.54, 1.807) is 21.4 Å². The standard InChI is InChI=1S/C13H12ClFN4/c1-8-11(7-18(2)17-8)19-12(6-14)16-10-5-3-4-9(15)13(10)19/h3-5,7H,6H2,1-2H3. The molecule has 0 aliphatic rings. The molecular weight excluding hydrogens is 267 g/mol. The first-order chi connectivity index (χ1) is 9.11. The van der Waals surface area contributed by atoms with Gasteiger partial charge in [0.15, 0.2) is 0 Å². The van der Waals surface area contributed by atoms with Crippen molar-refractivity contribution in [1.82, 2.24) is 19.3 Å². The van der Waals surface area contributed by atoms with E-state index in [9.17, 15) is 4.39 Å². The molecule has 3 aromatic rings. The first-order valence-corrected chi connectivity index (χ1v) is 6.37. The van der Waals surface area contributed by atoms with Gasteiger partial charge in [-0.25, -0.2) is 9.37 Å². The summed E-state index contributed by atoms with van der Waals surface area (Å²) in [7, 11) is 1.83. The Morgan fingerprint density at radius 3 is 2.79 bits per heavy atom. The molecule has 4 nitrogen and oxygen atoms in total. The third-order valence-electron chi connectivity index (χ3n) is 3.04. The quantitative estimate of drug-likeness (QED) is 0.676. The fraction of sp³-hybridized carbons (Fsp3) is 0.231. The zero-order valence-corrected chi connectivity index (χ0v) is 11.3. The molecule has 1 aromatic carbocycles. The number of rotatable bonds is 2. The van der Waals surface area contributed by atoms with Gasteiger partial charge in [-0.2, -0.15) is 5.10 Å². The number of nitrogens with zero attached hydrogens (tertiary/aromatic N) is 4. The van der Waals surface area contributed by atoms with E-state index in [4.69, 9.17) is 11.6 Å². The van der Waals surface area contributed by atoms with Crippen LogP contribution < -0.4 is 0 Å². The van der Waals surface area contributed by atoms with E-state index in [2.05, 4.69) is 10.1 Å². The Kier molecular flexibility index (Phi) is 2.78. The Hall–Kier alpha value is -1.88. The number of hydrogen-bond donors (Lipinski definition) is 0. The molecule has 0 amide bonds. The van der Waals surface area contributed by atoms with Gasteiger partial charge < -0.3 is 0 Å². The number of alkyl halides is 1. The van der Waals surface area contributed by atoms with E-state index in [0.717, 1.165) is 11.4 Å². The van der Waals surface area contributed by atoms with Crippen LogP contribution in [0, 0.1) is 12.7 Å². The van der Waals surface area contributed by atoms with Gasteiger partial charge in [0.1, 0.15) is 17.2 Å². The van der Waals surface area contributed by atoms with Crippen molar-refractivity contribution in [2.75, 3.05) is 0 Å². The van der Waals surface area contributed by atoms with Crippen LogP contribution in [0.15, 0.2) is 24.4 Å². The van der Waals surface area contributed by atoms with Crippen LogP contribution >= 0.6 is 11.6 Å². The maximum Gasteiger partial charge on any atom is 0.149 e. The van der Waals surface area contributed by atoms with E-state index in [1.165, 1.54) is 6.07 Å². The van der Waals surface area contributed by atoms with Crippen molar-refractivity contribution in [3.8, 4) is 5.69 Å². The summed E-state index contributed by atoms with van der Waals surface area (Å²) in [5.74, 6) is 0.505. The monoisotopic (exact) mass is 278 g/mol. The average Bonchev–Trinajstić information content (AvgIpc) is 2.89. The smallest absolute Gasteiger partial charge is 0.149 e. The fourth-order valence-corrected chi connectivity index (χ4v) is 2.47. The minimum atomic E-state index is -0.315. The molecule has 0 aliphatic heterocycles. The Balaban J connectivity index is 2.41. The van der Waals surface area contributed by atoms with E-state index in [0.29, 0.717) is 16.9 Å². The molecule has 3 rings (SSSR count). The summed E-state index contributed by atoms with van der Waals surface area (Å²) in [4.78, 5) is 4.37. The maximum atomic E-state index is 14.1. The van der Waals surface area contributed by atoms with Gasteiger partial charge >= 0.3 is 0 Å². The van der Waals surface area contributed by atoms with Crippen LogP contribution in [0.4, 0.5) is 4.39 Å². The van der Waals surface area contributed by atoms with Crippen LogP contribution in [0.3, 0.4) is 0 Å². The van der Waals surface area contributed by atoms with Crippen molar-refractivity contribution in [3.63, 3.8) is 0 Å². The predicted octanol–water partition coefficient (Wildman–Crippen LogP) is 2.95. The molecule has 0 saturated carbocycles. The number of hydrogen-bond acceptors (Lipinski definition) is 2. The number of aryl methyl sites for hydroxylation is 2. The number of imidazole rings is 1. The molecule has 2 heterocycles. The van der Waals surface area contributed by atoms with Gasteiger partial charge in [-0.3, -0.25) is 9.25 Å². The lowest BCUT2D eigenvalue weighted by Gasteiger charge is -2.06. The van der Waals surface area contributed by atoms with E-state index in [-0.39, 0.29) is 11.7 Å². The molecule has 0 N–H and O–H groups in total. The molecule has 6 heteroatoms. The Morgan fingerprint density at radius 2 is 2.16 bits per heavy atom. The number of benzene rings is 1. The second-order valence-corrected chi connectivity index (χ2v) is 4.65. The maximum absolute atomic E-state index is 14.1. The molecule has 0 saturated heterocycles. The van der Waals surface area contributed by atoms with Crippen molar-refractivity contribution in [2.24, 2.45) is 7.05 Å². The summed E-state index contributed by atoms with van der Waals surface area (Å²) in [5, 5.41) is 4.28. The highest BCUT2D eigenvalue weighted by atomic mass is 35.5. The first kappa shape index (κ1) is 12.2. The fourth-order valence-electron chi connectivity index (χ4n) is 2.29. The van der Waals surface area contributed by atoms with Crippen LogP contribution in [-0.4, -0.2) is 19.3 Å². The lowest BCUT2D eigenvalue weighted by Crippen LogP contribution is -2.01. The molecule has 98 valence electrons. The summed E-state index contributed by atoms with van der Waals surface area (Å²) in [6, 6.07) is 4.84. The van der Waals surface area contributed by atoms with Crippen molar-refractivity contribution < 1.29 is 4.39 Å². The highest BCUT2D eigenvalue weighted by Crippen LogP contribution is 2.26. The average molecular weight is 279 g/mol. The van der Waals surface area contributed by atoms with Crippen LogP contribution in [0.25, 0.3) is 16.7 Å². The first-order valence-electron chi connectivity index (χ1n) is 5.84. The lowest BCUT2D eigenvalue weighted by atomic mass is 10.3. The molecule has 0 aliphatic carbocycles. The van der Waals surface area contributed by atoms with Gasteiger partial charge in [0.2, 0.25) is 0 Å². The number of aromatic nitrogens is 4. The topological polar surface area (TPSA) is 35.6 Å². The van der Waals surface area contributed by atoms with Gasteiger partial charge in [-0.05, 0) is 19.1 Å². The minimum Gasteiger partial charge on any atom is -0.289 e. The van der Waals surface area contributed by atoms with Crippen molar-refractivity contribution in [3.05, 3.63) is 41.7 Å². The summed E-state index contributed by atoms with van der Waals surface area (Å²) in [5.41, 5.74) is 2.63. The minimum absolute atomic E-state index is 0.211. The van der Waals surface area contributed by atoms with Crippen LogP contribution in [0.1, 0.15) is 11.5 Å². The second-order valence-electron chi connectivity index (χ2n) is 4.38. The number of halogens is 2. The highest BCUT2D eigenvalue weighted by molar-refractivity contribution is 6.17. The third-order valence-corrected chi connectivity index (χ3v) is 3.28. The van der Waals surface area contributed by atoms with E-state index >= 15 is 0 Å². The largest absolute Gasteiger partial charge is 0.289 e. The molecule has 0 spiro atoms. The predicted molar refractivity (Wildman–Crippen MR) is 72.1 cm³/mol. The summed E-state index contributed by atoms with van der Waals surface area (Å²) in [6.45, 7) is 1.88. The van der Waals surface area contributed by atoms with E-state index in [1.807, 2.05) is 20.2 Å². The third kappa shape index (κ3) is 1.81. The van der Waals surface area contributed by atoms with Crippen molar-refractivity contribution in [1.29, 1.82) is 0 Å². The SMILES string of the molecule is Cc1nn(C)cc1-n1c(CCl)nc2cccc(F)c21. The van der Waals surface area contributed by atoms with Gasteiger partial charge in [-0.1, -0.05) is 6.07 Å². The van der Waals surface area contributed by atoms with Crippen LogP contribution in [0.2, 0.25) is 0 Å². The zero-order valence-electron chi connectivity index (χ0n) is 10.6. The Bertz CT molecular complexity index is 759. The molecule has 0 atom stereocenters. The van der Waals surface area contributed by atoms with Crippen molar-refractivity contribution >= 4 is 22.6 Å². The molecule has 0 unspecified atom stereocenters. The Labute approximate surface area is 114 Å². The normalized spacial score (nSPS) is 11.4. The molecule has 0 bridgehead atoms. The van der Waals surface area contributed by atoms with Gasteiger partial charge in [0, 0.05) is 13.2 Å². The Morgan fingerprint density at radius 1 is 1.37 bits per heavy atom. The zero-order chi connectivity index (χ0) is 13.6. The molecule has 0 radical (unpaired) electrons. The van der Waals surface area contributed by atoms with E-state index < -0.39 is 0 Å². The number of para-hydroxylation sites is 1. The molecular formula is C13H12ClFN4. The summed E-state index contributed by atoms with van der Waals surface area (Å²) >= 11 is 5.93. The van der Waals surface area contributed by atoms with Crippen molar-refractivity contribution in [2.45, 2.75) is 12.8 Å². The lowest BCUT2D eigenvalue weighted by molar-refractivity contribution is 0.634. The summed E-state index contributed by atoms with van der Waals surface area (Å²) < 4.78 is 17.5. The van der Waals surface area contributed by atoms with Gasteiger partial charge in [-0.15, -0.1) is 11.6 Å². The molecule has 0 fully saturated rings. The summed E-state index contributed by atoms with van der Waals surface area (Å²) in [6.07, 6.45) is 1.83. The number of fused-ring (bicyclic) bond motifs is 1. The highest BCUT2D eigenvalue weighted by Gasteiger charge is 2.17. The van der Waals surface area contributed by atoms with Gasteiger partial charge in [0.25, 0.3) is 0 Å². The van der Waals surface area contributed by atoms with Gasteiger partial charge in [0.05, 0.1) is 22.8 Å². The van der Waals surface area contributed by atoms with Crippen LogP contribution in [0.5, 0.6) is 0 Å².